The summed E-state index contributed by atoms with van der Waals surface area (Å²) in [5, 5.41) is 12.0. The molecule has 112 valence electrons. The van der Waals surface area contributed by atoms with Gasteiger partial charge in [0.05, 0.1) is 18.4 Å². The monoisotopic (exact) mass is 288 g/mol. The van der Waals surface area contributed by atoms with Gasteiger partial charge in [-0.25, -0.2) is 0 Å². The van der Waals surface area contributed by atoms with Crippen molar-refractivity contribution in [2.45, 2.75) is 32.3 Å². The summed E-state index contributed by atoms with van der Waals surface area (Å²) < 4.78 is 10.8. The second-order valence-electron chi connectivity index (χ2n) is 5.29. The average molecular weight is 288 g/mol. The maximum atomic E-state index is 12.6. The van der Waals surface area contributed by atoms with Crippen LogP contribution in [-0.2, 0) is 9.53 Å². The van der Waals surface area contributed by atoms with Crippen LogP contribution in [0.5, 0.6) is 5.75 Å². The molecule has 1 aliphatic rings. The van der Waals surface area contributed by atoms with Gasteiger partial charge in [-0.05, 0) is 50.8 Å². The lowest BCUT2D eigenvalue weighted by atomic mass is 9.98. The van der Waals surface area contributed by atoms with Crippen molar-refractivity contribution in [1.82, 2.24) is 0 Å². The molecule has 0 aromatic heterocycles. The van der Waals surface area contributed by atoms with Crippen LogP contribution in [0.1, 0.15) is 32.3 Å². The van der Waals surface area contributed by atoms with Crippen LogP contribution in [0.25, 0.3) is 0 Å². The Kier molecular flexibility index (Phi) is 4.49. The summed E-state index contributed by atoms with van der Waals surface area (Å²) in [6.07, 6.45) is 2.00. The lowest BCUT2D eigenvalue weighted by molar-refractivity contribution is -0.141. The quantitative estimate of drug-likeness (QED) is 0.873. The molecular formula is C16H20N2O3. The minimum Gasteiger partial charge on any atom is -0.497 e. The largest absolute Gasteiger partial charge is 0.497 e. The second-order valence-corrected chi connectivity index (χ2v) is 5.29. The second kappa shape index (κ2) is 6.15. The van der Waals surface area contributed by atoms with E-state index in [-0.39, 0.29) is 11.8 Å². The Labute approximate surface area is 124 Å². The average Bonchev–Trinajstić information content (AvgIpc) is 3.32. The zero-order chi connectivity index (χ0) is 15.5. The van der Waals surface area contributed by atoms with Gasteiger partial charge in [0.25, 0.3) is 5.91 Å². The predicted octanol–water partition coefficient (Wildman–Crippen LogP) is 2.71. The highest BCUT2D eigenvalue weighted by molar-refractivity contribution is 5.98. The molecule has 1 amide bonds. The summed E-state index contributed by atoms with van der Waals surface area (Å²) in [7, 11) is 1.54. The molecule has 0 bridgehead atoms. The highest BCUT2D eigenvalue weighted by Gasteiger charge is 2.48. The molecule has 0 heterocycles. The van der Waals surface area contributed by atoms with E-state index in [1.54, 1.807) is 18.2 Å². The minimum atomic E-state index is -0.832. The Bertz CT molecular complexity index is 575. The summed E-state index contributed by atoms with van der Waals surface area (Å²) in [4.78, 5) is 12.6. The number of hydrogen-bond acceptors (Lipinski definition) is 4. The van der Waals surface area contributed by atoms with Crippen molar-refractivity contribution in [2.24, 2.45) is 5.92 Å². The molecule has 1 fully saturated rings. The Balaban J connectivity index is 2.21. The Morgan fingerprint density at radius 3 is 2.76 bits per heavy atom. The third kappa shape index (κ3) is 3.17. The van der Waals surface area contributed by atoms with Gasteiger partial charge in [-0.3, -0.25) is 4.79 Å². The van der Waals surface area contributed by atoms with Gasteiger partial charge in [0.1, 0.15) is 17.4 Å². The first-order valence-corrected chi connectivity index (χ1v) is 7.08. The van der Waals surface area contributed by atoms with Crippen molar-refractivity contribution in [1.29, 1.82) is 5.26 Å². The van der Waals surface area contributed by atoms with Gasteiger partial charge >= 0.3 is 0 Å². The van der Waals surface area contributed by atoms with Crippen molar-refractivity contribution in [3.8, 4) is 11.8 Å². The third-order valence-electron chi connectivity index (χ3n) is 3.85. The topological polar surface area (TPSA) is 71.3 Å². The first-order valence-electron chi connectivity index (χ1n) is 7.08. The summed E-state index contributed by atoms with van der Waals surface area (Å²) in [5.74, 6) is 0.633. The molecule has 1 aromatic carbocycles. The van der Waals surface area contributed by atoms with Gasteiger partial charge in [-0.15, -0.1) is 0 Å². The van der Waals surface area contributed by atoms with E-state index in [0.717, 1.165) is 12.8 Å². The molecule has 0 radical (unpaired) electrons. The molecule has 0 aliphatic heterocycles. The molecule has 0 unspecified atom stereocenters. The summed E-state index contributed by atoms with van der Waals surface area (Å²) in [5.41, 5.74) is 0.0220. The zero-order valence-electron chi connectivity index (χ0n) is 12.6. The van der Waals surface area contributed by atoms with Gasteiger partial charge in [0.2, 0.25) is 0 Å². The fraction of sp³-hybridized carbons (Fsp3) is 0.500. The number of carbonyl (C=O) groups excluding carboxylic acids is 1. The molecule has 1 saturated carbocycles. The van der Waals surface area contributed by atoms with Gasteiger partial charge in [-0.1, -0.05) is 0 Å². The van der Waals surface area contributed by atoms with E-state index < -0.39 is 5.60 Å². The van der Waals surface area contributed by atoms with Crippen molar-refractivity contribution in [3.05, 3.63) is 23.8 Å². The fourth-order valence-electron chi connectivity index (χ4n) is 2.40. The lowest BCUT2D eigenvalue weighted by Crippen LogP contribution is -2.45. The zero-order valence-corrected chi connectivity index (χ0v) is 12.6. The number of nitrogens with zero attached hydrogens (tertiary/aromatic N) is 1. The van der Waals surface area contributed by atoms with Crippen LogP contribution in [0.15, 0.2) is 18.2 Å². The van der Waals surface area contributed by atoms with E-state index in [1.807, 2.05) is 13.8 Å². The minimum absolute atomic E-state index is 0.200. The highest BCUT2D eigenvalue weighted by atomic mass is 16.5. The number of ether oxygens (including phenoxy) is 2. The Morgan fingerprint density at radius 2 is 2.24 bits per heavy atom. The standard InChI is InChI=1S/C16H20N2O3/c1-4-21-16(2,12-5-6-12)15(19)18-14-8-7-13(20-3)9-11(14)10-17/h7-9,12H,4-6H2,1-3H3,(H,18,19)/t16-/m1/s1. The van der Waals surface area contributed by atoms with E-state index in [0.29, 0.717) is 23.6 Å². The van der Waals surface area contributed by atoms with E-state index in [1.165, 1.54) is 7.11 Å². The van der Waals surface area contributed by atoms with Gasteiger partial charge in [0.15, 0.2) is 0 Å². The van der Waals surface area contributed by atoms with Crippen LogP contribution in [0.2, 0.25) is 0 Å². The smallest absolute Gasteiger partial charge is 0.256 e. The molecule has 1 aromatic rings. The first kappa shape index (κ1) is 15.3. The van der Waals surface area contributed by atoms with Crippen molar-refractivity contribution in [2.75, 3.05) is 19.0 Å². The van der Waals surface area contributed by atoms with Gasteiger partial charge in [0, 0.05) is 6.61 Å². The molecule has 1 aliphatic carbocycles. The molecule has 1 N–H and O–H groups in total. The maximum Gasteiger partial charge on any atom is 0.256 e. The number of hydrogen-bond donors (Lipinski definition) is 1. The number of nitriles is 1. The van der Waals surface area contributed by atoms with Crippen LogP contribution < -0.4 is 10.1 Å². The Morgan fingerprint density at radius 1 is 1.52 bits per heavy atom. The number of nitrogens with one attached hydrogen (secondary N) is 1. The summed E-state index contributed by atoms with van der Waals surface area (Å²) in [6.45, 7) is 4.18. The maximum absolute atomic E-state index is 12.6. The molecule has 21 heavy (non-hydrogen) atoms. The lowest BCUT2D eigenvalue weighted by Gasteiger charge is -2.28. The van der Waals surface area contributed by atoms with E-state index in [9.17, 15) is 10.1 Å². The van der Waals surface area contributed by atoms with Gasteiger partial charge < -0.3 is 14.8 Å². The fourth-order valence-corrected chi connectivity index (χ4v) is 2.40. The first-order chi connectivity index (χ1) is 10.0. The van der Waals surface area contributed by atoms with Gasteiger partial charge in [-0.2, -0.15) is 5.26 Å². The number of amides is 1. The number of carbonyl (C=O) groups is 1. The van der Waals surface area contributed by atoms with Crippen LogP contribution in [-0.4, -0.2) is 25.2 Å². The molecule has 5 nitrogen and oxygen atoms in total. The summed E-state index contributed by atoms with van der Waals surface area (Å²) in [6, 6.07) is 7.06. The molecule has 2 rings (SSSR count). The molecule has 0 saturated heterocycles. The normalized spacial score (nSPS) is 16.7. The van der Waals surface area contributed by atoms with Crippen molar-refractivity contribution >= 4 is 11.6 Å². The number of rotatable bonds is 6. The third-order valence-corrected chi connectivity index (χ3v) is 3.85. The van der Waals surface area contributed by atoms with E-state index >= 15 is 0 Å². The highest BCUT2D eigenvalue weighted by Crippen LogP contribution is 2.42. The molecular weight excluding hydrogens is 268 g/mol. The summed E-state index contributed by atoms with van der Waals surface area (Å²) >= 11 is 0. The number of anilines is 1. The van der Waals surface area contributed by atoms with Crippen molar-refractivity contribution in [3.63, 3.8) is 0 Å². The SMILES string of the molecule is CCO[C@@](C)(C(=O)Nc1ccc(OC)cc1C#N)C1CC1. The van der Waals surface area contributed by atoms with E-state index in [4.69, 9.17) is 9.47 Å². The van der Waals surface area contributed by atoms with Crippen LogP contribution in [0.4, 0.5) is 5.69 Å². The molecule has 1 atom stereocenters. The van der Waals surface area contributed by atoms with Crippen LogP contribution in [0, 0.1) is 17.2 Å². The van der Waals surface area contributed by atoms with Crippen LogP contribution >= 0.6 is 0 Å². The van der Waals surface area contributed by atoms with Crippen LogP contribution in [0.3, 0.4) is 0 Å². The number of methoxy groups -OCH3 is 1. The number of benzene rings is 1. The molecule has 0 spiro atoms. The Hall–Kier alpha value is -2.06. The van der Waals surface area contributed by atoms with E-state index in [2.05, 4.69) is 11.4 Å². The van der Waals surface area contributed by atoms with Crippen molar-refractivity contribution < 1.29 is 14.3 Å². The predicted molar refractivity (Wildman–Crippen MR) is 79.1 cm³/mol. The molecule has 5 heteroatoms.